The van der Waals surface area contributed by atoms with Crippen molar-refractivity contribution in [3.05, 3.63) is 114 Å². The zero-order chi connectivity index (χ0) is 31.6. The van der Waals surface area contributed by atoms with Gasteiger partial charge in [0.15, 0.2) is 11.4 Å². The lowest BCUT2D eigenvalue weighted by atomic mass is 9.91. The second kappa shape index (κ2) is 15.8. The summed E-state index contributed by atoms with van der Waals surface area (Å²) in [5.41, 5.74) is 5.70. The van der Waals surface area contributed by atoms with Crippen molar-refractivity contribution >= 4 is 23.6 Å². The van der Waals surface area contributed by atoms with Crippen molar-refractivity contribution in [2.75, 3.05) is 5.75 Å². The van der Waals surface area contributed by atoms with Crippen molar-refractivity contribution in [3.8, 4) is 11.1 Å². The van der Waals surface area contributed by atoms with Gasteiger partial charge in [-0.15, -0.1) is 0 Å². The Balaban J connectivity index is 1.32. The highest BCUT2D eigenvalue weighted by Crippen LogP contribution is 2.43. The summed E-state index contributed by atoms with van der Waals surface area (Å²) in [5, 5.41) is 21.9. The highest BCUT2D eigenvalue weighted by molar-refractivity contribution is 7.99. The number of carbonyl (C=O) groups excluding carboxylic acids is 1. The summed E-state index contributed by atoms with van der Waals surface area (Å²) >= 11 is 1.55. The van der Waals surface area contributed by atoms with Crippen LogP contribution < -0.4 is 5.32 Å². The fourth-order valence-electron chi connectivity index (χ4n) is 5.28. The van der Waals surface area contributed by atoms with E-state index in [9.17, 15) is 14.7 Å². The van der Waals surface area contributed by atoms with Crippen LogP contribution in [0.15, 0.2) is 96.4 Å². The molecule has 1 aromatic heterocycles. The fraction of sp³-hybridized carbons (Fsp3) is 0.314. The largest absolute Gasteiger partial charge is 0.481 e. The number of benzene rings is 3. The molecule has 0 radical (unpaired) electrons. The van der Waals surface area contributed by atoms with Gasteiger partial charge in [0.25, 0.3) is 0 Å². The van der Waals surface area contributed by atoms with Crippen LogP contribution in [0.4, 0.5) is 0 Å². The van der Waals surface area contributed by atoms with E-state index in [1.54, 1.807) is 30.2 Å². The number of thioether (sulfide) groups is 1. The third-order valence-corrected chi connectivity index (χ3v) is 8.79. The lowest BCUT2D eigenvalue weighted by molar-refractivity contribution is -0.268. The number of carbonyl (C=O) groups is 2. The van der Waals surface area contributed by atoms with Crippen molar-refractivity contribution in [1.82, 2.24) is 15.3 Å². The second-order valence-electron chi connectivity index (χ2n) is 11.0. The van der Waals surface area contributed by atoms with Crippen LogP contribution in [0.3, 0.4) is 0 Å². The molecule has 0 unspecified atom stereocenters. The van der Waals surface area contributed by atoms with Gasteiger partial charge in [-0.2, -0.15) is 0 Å². The molecule has 1 aliphatic heterocycles. The number of hydrogen-bond acceptors (Lipinski definition) is 8. The van der Waals surface area contributed by atoms with E-state index in [0.717, 1.165) is 33.4 Å². The molecule has 4 atom stereocenters. The first-order valence-electron chi connectivity index (χ1n) is 15.0. The van der Waals surface area contributed by atoms with E-state index < -0.39 is 12.3 Å². The molecule has 1 fully saturated rings. The highest BCUT2D eigenvalue weighted by Gasteiger charge is 2.38. The van der Waals surface area contributed by atoms with Gasteiger partial charge in [-0.3, -0.25) is 9.59 Å². The van der Waals surface area contributed by atoms with Crippen molar-refractivity contribution in [3.63, 3.8) is 0 Å². The Labute approximate surface area is 267 Å². The lowest BCUT2D eigenvalue weighted by Gasteiger charge is -2.41. The number of carboxylic acids is 1. The normalized spacial score (nSPS) is 19.6. The smallest absolute Gasteiger partial charge is 0.303 e. The lowest BCUT2D eigenvalue weighted by Crippen LogP contribution is -2.38. The average molecular weight is 628 g/mol. The molecule has 1 aliphatic rings. The number of aliphatic hydroxyl groups excluding tert-OH is 1. The van der Waals surface area contributed by atoms with Crippen molar-refractivity contribution in [2.45, 2.75) is 63.0 Å². The monoisotopic (exact) mass is 627 g/mol. The Bertz CT molecular complexity index is 1550. The van der Waals surface area contributed by atoms with Gasteiger partial charge >= 0.3 is 5.97 Å². The molecule has 3 aromatic carbocycles. The molecule has 234 valence electrons. The topological polar surface area (TPSA) is 131 Å². The Morgan fingerprint density at radius 2 is 1.60 bits per heavy atom. The van der Waals surface area contributed by atoms with E-state index in [-0.39, 0.29) is 43.5 Å². The van der Waals surface area contributed by atoms with Crippen LogP contribution in [0.1, 0.15) is 60.8 Å². The summed E-state index contributed by atoms with van der Waals surface area (Å²) in [5.74, 6) is -0.375. The molecule has 3 N–H and O–H groups in total. The first kappa shape index (κ1) is 32.3. The molecule has 2 heterocycles. The maximum Gasteiger partial charge on any atom is 0.303 e. The van der Waals surface area contributed by atoms with Crippen molar-refractivity contribution in [2.24, 2.45) is 5.92 Å². The molecular formula is C35H37N3O6S. The number of aliphatic carboxylic acids is 1. The van der Waals surface area contributed by atoms with Gasteiger partial charge in [-0.05, 0) is 40.3 Å². The van der Waals surface area contributed by atoms with E-state index in [1.807, 2.05) is 72.8 Å². The minimum Gasteiger partial charge on any atom is -0.481 e. The maximum absolute atomic E-state index is 12.3. The average Bonchev–Trinajstić information content (AvgIpc) is 3.07. The molecule has 1 saturated heterocycles. The van der Waals surface area contributed by atoms with Crippen LogP contribution in [-0.2, 0) is 32.2 Å². The summed E-state index contributed by atoms with van der Waals surface area (Å²) in [6, 6.07) is 25.6. The summed E-state index contributed by atoms with van der Waals surface area (Å²) in [4.78, 5) is 31.7. The minimum absolute atomic E-state index is 0.0158. The molecule has 45 heavy (non-hydrogen) atoms. The molecule has 10 heteroatoms. The number of rotatable bonds is 13. The number of aromatic nitrogens is 2. The summed E-state index contributed by atoms with van der Waals surface area (Å²) in [6.07, 6.45) is 2.96. The quantitative estimate of drug-likeness (QED) is 0.119. The Morgan fingerprint density at radius 1 is 0.889 bits per heavy atom. The van der Waals surface area contributed by atoms with E-state index in [4.69, 9.17) is 14.6 Å². The van der Waals surface area contributed by atoms with Crippen LogP contribution in [0, 0.1) is 5.92 Å². The maximum atomic E-state index is 12.3. The van der Waals surface area contributed by atoms with Gasteiger partial charge in [0.2, 0.25) is 5.91 Å². The summed E-state index contributed by atoms with van der Waals surface area (Å²) in [7, 11) is 0. The fourth-order valence-corrected chi connectivity index (χ4v) is 6.25. The van der Waals surface area contributed by atoms with Crippen LogP contribution in [-0.4, -0.2) is 43.9 Å². The second-order valence-corrected chi connectivity index (χ2v) is 12.0. The van der Waals surface area contributed by atoms with Gasteiger partial charge in [0.05, 0.1) is 18.8 Å². The van der Waals surface area contributed by atoms with Crippen LogP contribution in [0.5, 0.6) is 0 Å². The van der Waals surface area contributed by atoms with Crippen LogP contribution in [0.25, 0.3) is 11.1 Å². The number of nitrogens with one attached hydrogen (secondary N) is 1. The van der Waals surface area contributed by atoms with Gasteiger partial charge in [0, 0.05) is 49.0 Å². The Morgan fingerprint density at radius 3 is 2.31 bits per heavy atom. The van der Waals surface area contributed by atoms with Gasteiger partial charge < -0.3 is 25.0 Å². The predicted octanol–water partition coefficient (Wildman–Crippen LogP) is 6.09. The summed E-state index contributed by atoms with van der Waals surface area (Å²) < 4.78 is 13.2. The van der Waals surface area contributed by atoms with Crippen molar-refractivity contribution in [1.29, 1.82) is 0 Å². The molecule has 5 rings (SSSR count). The standard InChI is InChI=1S/C35H37N3O6S/c1-23-30(22-45-35-36-18-5-19-37-35)43-34(44-33(23)26-12-10-24(21-39)11-13-26)27-16-14-25(15-17-27)29-7-3-2-6-28(29)20-38-31(40)8-4-9-32(41)42/h2-3,5-7,10-19,23,30,33-34,39H,4,8-9,20-22H2,1H3,(H,38,40)(H,41,42)/t23-,30+,33+,34+/m1/s1. The highest BCUT2D eigenvalue weighted by atomic mass is 32.2. The number of amides is 1. The van der Waals surface area contributed by atoms with Gasteiger partial charge in [-0.1, -0.05) is 91.5 Å². The van der Waals surface area contributed by atoms with E-state index in [2.05, 4.69) is 22.2 Å². The molecule has 0 bridgehead atoms. The summed E-state index contributed by atoms with van der Waals surface area (Å²) in [6.45, 7) is 2.46. The molecular weight excluding hydrogens is 590 g/mol. The molecule has 0 aliphatic carbocycles. The predicted molar refractivity (Wildman–Crippen MR) is 171 cm³/mol. The number of aliphatic hydroxyl groups is 1. The van der Waals surface area contributed by atoms with E-state index in [0.29, 0.717) is 23.9 Å². The zero-order valence-electron chi connectivity index (χ0n) is 25.0. The third-order valence-electron chi connectivity index (χ3n) is 7.82. The SMILES string of the molecule is C[C@@H]1[C@H](CSc2ncccn2)O[C@H](c2ccc(-c3ccccc3CNC(=O)CCCC(=O)O)cc2)O[C@@H]1c1ccc(CO)cc1. The Hall–Kier alpha value is -4.09. The van der Waals surface area contributed by atoms with Crippen LogP contribution in [0.2, 0.25) is 0 Å². The van der Waals surface area contributed by atoms with E-state index >= 15 is 0 Å². The molecule has 1 amide bonds. The first-order valence-corrected chi connectivity index (χ1v) is 16.0. The van der Waals surface area contributed by atoms with Crippen LogP contribution >= 0.6 is 11.8 Å². The molecule has 0 spiro atoms. The molecule has 9 nitrogen and oxygen atoms in total. The number of hydrogen-bond donors (Lipinski definition) is 3. The number of nitrogens with zero attached hydrogens (tertiary/aromatic N) is 2. The number of carboxylic acid groups (broad SMARTS) is 1. The Kier molecular flexibility index (Phi) is 11.3. The molecule has 0 saturated carbocycles. The minimum atomic E-state index is -0.904. The first-order chi connectivity index (χ1) is 21.9. The zero-order valence-corrected chi connectivity index (χ0v) is 25.9. The van der Waals surface area contributed by atoms with E-state index in [1.165, 1.54) is 0 Å². The third kappa shape index (κ3) is 8.76. The van der Waals surface area contributed by atoms with Gasteiger partial charge in [-0.25, -0.2) is 9.97 Å². The van der Waals surface area contributed by atoms with Crippen molar-refractivity contribution < 1.29 is 29.3 Å². The number of ether oxygens (including phenoxy) is 2. The molecule has 4 aromatic rings. The van der Waals surface area contributed by atoms with Gasteiger partial charge in [0.1, 0.15) is 0 Å².